The second kappa shape index (κ2) is 6.82. The Morgan fingerprint density at radius 3 is 2.76 bits per heavy atom. The monoisotopic (exact) mass is 361 g/mol. The first-order valence-corrected chi connectivity index (χ1v) is 10.4. The highest BCUT2D eigenvalue weighted by Gasteiger charge is 2.26. The van der Waals surface area contributed by atoms with E-state index >= 15 is 0 Å². The summed E-state index contributed by atoms with van der Waals surface area (Å²) in [6, 6.07) is 0. The summed E-state index contributed by atoms with van der Waals surface area (Å²) in [5.74, 6) is 2.03. The molecule has 2 N–H and O–H groups in total. The van der Waals surface area contributed by atoms with Gasteiger partial charge in [0.05, 0.1) is 18.6 Å². The summed E-state index contributed by atoms with van der Waals surface area (Å²) in [7, 11) is 0. The van der Waals surface area contributed by atoms with Gasteiger partial charge in [-0.15, -0.1) is 11.3 Å². The van der Waals surface area contributed by atoms with Crippen molar-refractivity contribution in [3.05, 3.63) is 16.3 Å². The van der Waals surface area contributed by atoms with Gasteiger partial charge in [-0.25, -0.2) is 9.97 Å². The second-order valence-electron chi connectivity index (χ2n) is 7.93. The van der Waals surface area contributed by atoms with Gasteiger partial charge in [0.15, 0.2) is 5.82 Å². The van der Waals surface area contributed by atoms with Crippen LogP contribution in [0.5, 0.6) is 0 Å². The predicted molar refractivity (Wildman–Crippen MR) is 103 cm³/mol. The Bertz CT molecular complexity index is 764. The molecule has 1 aliphatic carbocycles. The third-order valence-electron chi connectivity index (χ3n) is 5.56. The smallest absolute Gasteiger partial charge is 0.187 e. The topological polar surface area (TPSA) is 51.5 Å². The fourth-order valence-electron chi connectivity index (χ4n) is 3.68. The molecule has 0 aromatic carbocycles. The zero-order chi connectivity index (χ0) is 17.4. The van der Waals surface area contributed by atoms with Crippen LogP contribution >= 0.6 is 11.3 Å². The maximum absolute atomic E-state index is 5.48. The van der Waals surface area contributed by atoms with E-state index in [9.17, 15) is 0 Å². The molecule has 1 aliphatic heterocycles. The second-order valence-corrected chi connectivity index (χ2v) is 9.01. The molecular formula is C19H29N4OS+. The van der Waals surface area contributed by atoms with Crippen LogP contribution in [-0.2, 0) is 24.1 Å². The molecule has 2 aromatic rings. The normalized spacial score (nSPS) is 18.7. The molecule has 2 aliphatic rings. The van der Waals surface area contributed by atoms with Crippen LogP contribution < -0.4 is 10.2 Å². The average Bonchev–Trinajstić information content (AvgIpc) is 3.16. The van der Waals surface area contributed by atoms with Gasteiger partial charge in [0, 0.05) is 10.4 Å². The highest BCUT2D eigenvalue weighted by atomic mass is 32.1. The first-order chi connectivity index (χ1) is 12.1. The summed E-state index contributed by atoms with van der Waals surface area (Å²) in [4.78, 5) is 14.2. The van der Waals surface area contributed by atoms with Crippen molar-refractivity contribution >= 4 is 27.4 Å². The maximum Gasteiger partial charge on any atom is 0.187 e. The van der Waals surface area contributed by atoms with Gasteiger partial charge in [0.2, 0.25) is 0 Å². The van der Waals surface area contributed by atoms with E-state index < -0.39 is 0 Å². The number of rotatable bonds is 5. The number of aryl methyl sites for hydroxylation is 2. The summed E-state index contributed by atoms with van der Waals surface area (Å²) in [5, 5.41) is 5.02. The van der Waals surface area contributed by atoms with Crippen molar-refractivity contribution < 1.29 is 9.64 Å². The van der Waals surface area contributed by atoms with E-state index in [1.54, 1.807) is 0 Å². The molecule has 136 valence electrons. The fraction of sp³-hybridized carbons (Fsp3) is 0.684. The van der Waals surface area contributed by atoms with Crippen molar-refractivity contribution in [3.8, 4) is 0 Å². The van der Waals surface area contributed by atoms with Gasteiger partial charge >= 0.3 is 0 Å². The number of nitrogens with zero attached hydrogens (tertiary/aromatic N) is 2. The van der Waals surface area contributed by atoms with Crippen LogP contribution in [0.25, 0.3) is 10.2 Å². The Hall–Kier alpha value is -1.24. The van der Waals surface area contributed by atoms with Gasteiger partial charge in [-0.3, -0.25) is 0 Å². The van der Waals surface area contributed by atoms with Crippen LogP contribution in [0.3, 0.4) is 0 Å². The molecule has 0 unspecified atom stereocenters. The number of hydrogen-bond acceptors (Lipinski definition) is 5. The number of aromatic nitrogens is 2. The van der Waals surface area contributed by atoms with Crippen LogP contribution in [-0.4, -0.2) is 41.8 Å². The summed E-state index contributed by atoms with van der Waals surface area (Å²) in [6.45, 7) is 11.4. The Labute approximate surface area is 153 Å². The Morgan fingerprint density at radius 1 is 1.20 bits per heavy atom. The van der Waals surface area contributed by atoms with Gasteiger partial charge in [-0.05, 0) is 45.1 Å². The minimum absolute atomic E-state index is 0.0395. The quantitative estimate of drug-likeness (QED) is 0.857. The van der Waals surface area contributed by atoms with Crippen LogP contribution in [0.2, 0.25) is 0 Å². The van der Waals surface area contributed by atoms with Crippen molar-refractivity contribution in [1.82, 2.24) is 9.97 Å². The molecule has 2 aromatic heterocycles. The van der Waals surface area contributed by atoms with Crippen molar-refractivity contribution in [1.29, 1.82) is 0 Å². The highest BCUT2D eigenvalue weighted by molar-refractivity contribution is 7.19. The van der Waals surface area contributed by atoms with E-state index in [4.69, 9.17) is 14.7 Å². The molecule has 0 spiro atoms. The van der Waals surface area contributed by atoms with Gasteiger partial charge in [-0.2, -0.15) is 0 Å². The van der Waals surface area contributed by atoms with E-state index in [2.05, 4.69) is 26.1 Å². The lowest BCUT2D eigenvalue weighted by Crippen LogP contribution is -3.12. The number of quaternary nitrogens is 1. The summed E-state index contributed by atoms with van der Waals surface area (Å²) >= 11 is 1.89. The van der Waals surface area contributed by atoms with Crippen molar-refractivity contribution in [2.75, 3.05) is 31.6 Å². The molecule has 0 saturated carbocycles. The number of hydrogen-bond donors (Lipinski definition) is 2. The SMILES string of the molecule is CCC(C)(C)Nc1nc(C[NH+]2CCOCC2)nc2sc3c(c12)CCC3. The lowest BCUT2D eigenvalue weighted by atomic mass is 10.0. The van der Waals surface area contributed by atoms with E-state index in [1.165, 1.54) is 44.8 Å². The lowest BCUT2D eigenvalue weighted by Gasteiger charge is -2.27. The molecule has 0 bridgehead atoms. The maximum atomic E-state index is 5.48. The number of thiophene rings is 1. The molecule has 1 fully saturated rings. The minimum atomic E-state index is 0.0395. The van der Waals surface area contributed by atoms with E-state index in [-0.39, 0.29) is 5.54 Å². The molecule has 25 heavy (non-hydrogen) atoms. The summed E-state index contributed by atoms with van der Waals surface area (Å²) < 4.78 is 5.48. The summed E-state index contributed by atoms with van der Waals surface area (Å²) in [5.41, 5.74) is 1.54. The Balaban J connectivity index is 1.72. The van der Waals surface area contributed by atoms with Gasteiger partial charge in [0.25, 0.3) is 0 Å². The predicted octanol–water partition coefficient (Wildman–Crippen LogP) is 2.20. The molecule has 4 rings (SSSR count). The number of morpholine rings is 1. The molecule has 1 saturated heterocycles. The number of fused-ring (bicyclic) bond motifs is 3. The summed E-state index contributed by atoms with van der Waals surface area (Å²) in [6.07, 6.45) is 4.72. The average molecular weight is 362 g/mol. The van der Waals surface area contributed by atoms with E-state index in [0.717, 1.165) is 50.9 Å². The third kappa shape index (κ3) is 3.52. The first-order valence-electron chi connectivity index (χ1n) is 9.56. The van der Waals surface area contributed by atoms with E-state index in [0.29, 0.717) is 0 Å². The number of ether oxygens (including phenoxy) is 1. The largest absolute Gasteiger partial charge is 0.370 e. The Kier molecular flexibility index (Phi) is 4.69. The molecular weight excluding hydrogens is 332 g/mol. The van der Waals surface area contributed by atoms with Crippen LogP contribution in [0.4, 0.5) is 5.82 Å². The molecule has 3 heterocycles. The van der Waals surface area contributed by atoms with E-state index in [1.807, 2.05) is 11.3 Å². The lowest BCUT2D eigenvalue weighted by molar-refractivity contribution is -0.922. The van der Waals surface area contributed by atoms with Gasteiger partial charge in [-0.1, -0.05) is 6.92 Å². The van der Waals surface area contributed by atoms with Crippen molar-refractivity contribution in [2.45, 2.75) is 58.5 Å². The molecule has 0 radical (unpaired) electrons. The zero-order valence-corrected chi connectivity index (χ0v) is 16.4. The van der Waals surface area contributed by atoms with Crippen molar-refractivity contribution in [3.63, 3.8) is 0 Å². The van der Waals surface area contributed by atoms with Crippen LogP contribution in [0, 0.1) is 0 Å². The van der Waals surface area contributed by atoms with Gasteiger partial charge in [0.1, 0.15) is 30.3 Å². The van der Waals surface area contributed by atoms with Gasteiger partial charge < -0.3 is 15.0 Å². The number of nitrogens with one attached hydrogen (secondary N) is 2. The zero-order valence-electron chi connectivity index (χ0n) is 15.6. The molecule has 5 nitrogen and oxygen atoms in total. The highest BCUT2D eigenvalue weighted by Crippen LogP contribution is 2.40. The van der Waals surface area contributed by atoms with Crippen LogP contribution in [0.15, 0.2) is 0 Å². The standard InChI is InChI=1S/C19H28N4OS/c1-4-19(2,3)22-17-16-13-6-5-7-14(13)25-18(16)21-15(20-17)12-23-8-10-24-11-9-23/h4-12H2,1-3H3,(H,20,21,22)/p+1. The fourth-order valence-corrected chi connectivity index (χ4v) is 4.96. The minimum Gasteiger partial charge on any atom is -0.370 e. The third-order valence-corrected chi connectivity index (χ3v) is 6.75. The molecule has 0 amide bonds. The Morgan fingerprint density at radius 2 is 2.00 bits per heavy atom. The van der Waals surface area contributed by atoms with Crippen molar-refractivity contribution in [2.24, 2.45) is 0 Å². The van der Waals surface area contributed by atoms with Crippen LogP contribution in [0.1, 0.15) is 49.9 Å². The molecule has 0 atom stereocenters. The molecule has 6 heteroatoms. The first kappa shape index (κ1) is 17.2. The number of anilines is 1.